The molecule has 0 rings (SSSR count). The van der Waals surface area contributed by atoms with Gasteiger partial charge in [-0.2, -0.15) is 61.8 Å². The average Bonchev–Trinajstić information content (AvgIpc) is 2.62. The number of carbonyl (C=O) groups is 1. The van der Waals surface area contributed by atoms with Gasteiger partial charge in [0, 0.05) is 12.8 Å². The van der Waals surface area contributed by atoms with Gasteiger partial charge >= 0.3 is 35.8 Å². The van der Waals surface area contributed by atoms with E-state index in [4.69, 9.17) is 0 Å². The van der Waals surface area contributed by atoms with Gasteiger partial charge in [-0.25, -0.2) is 8.42 Å². The highest BCUT2D eigenvalue weighted by molar-refractivity contribution is 7.89. The maximum atomic E-state index is 13.8. The highest BCUT2D eigenvalue weighted by Crippen LogP contribution is 2.60. The number of nitrogens with zero attached hydrogens (tertiary/aromatic N) is 1. The number of quaternary nitrogens is 1. The van der Waals surface area contributed by atoms with E-state index in [2.05, 4.69) is 0 Å². The number of hydrogen-bond donors (Lipinski definition) is 1. The molecule has 6 nitrogen and oxygen atoms in total. The molecule has 0 amide bonds. The van der Waals surface area contributed by atoms with Crippen molar-refractivity contribution in [1.29, 1.82) is 0 Å². The number of sulfonamides is 1. The zero-order valence-electron chi connectivity index (χ0n) is 17.8. The lowest BCUT2D eigenvalue weighted by atomic mass is 9.93. The van der Waals surface area contributed by atoms with Gasteiger partial charge in [0.2, 0.25) is 10.0 Å². The number of nitrogens with one attached hydrogen (secondary N) is 1. The Morgan fingerprint density at radius 1 is 0.829 bits per heavy atom. The minimum absolute atomic E-state index is 0.261. The maximum Gasteiger partial charge on any atom is 0.460 e. The number of alkyl halides is 13. The van der Waals surface area contributed by atoms with Crippen LogP contribution < -0.4 is 9.83 Å². The first-order chi connectivity index (χ1) is 15.0. The predicted molar refractivity (Wildman–Crippen MR) is 88.4 cm³/mol. The Morgan fingerprint density at radius 2 is 1.23 bits per heavy atom. The number of likely N-dealkylation sites (N-methyl/N-ethyl adjacent to an activating group) is 1. The zero-order chi connectivity index (χ0) is 28.7. The molecule has 35 heavy (non-hydrogen) atoms. The third kappa shape index (κ3) is 6.41. The second kappa shape index (κ2) is 9.71. The van der Waals surface area contributed by atoms with Gasteiger partial charge < -0.3 is 14.4 Å². The van der Waals surface area contributed by atoms with Crippen LogP contribution in [0.1, 0.15) is 19.8 Å². The molecule has 1 atom stereocenters. The van der Waals surface area contributed by atoms with Gasteiger partial charge in [0.1, 0.15) is 6.54 Å². The first kappa shape index (κ1) is 33.4. The quantitative estimate of drug-likeness (QED) is 0.210. The second-order valence-corrected chi connectivity index (χ2v) is 9.79. The molecule has 0 aromatic carbocycles. The van der Waals surface area contributed by atoms with Gasteiger partial charge in [-0.3, -0.25) is 0 Å². The summed E-state index contributed by atoms with van der Waals surface area (Å²) in [4.78, 5) is 10.7. The van der Waals surface area contributed by atoms with Crippen LogP contribution in [0.3, 0.4) is 0 Å². The smallest absolute Gasteiger partial charge is 0.460 e. The molecular formula is C15H19F13N2O4S. The summed E-state index contributed by atoms with van der Waals surface area (Å²) in [6, 6.07) is 0. The second-order valence-electron chi connectivity index (χ2n) is 7.92. The van der Waals surface area contributed by atoms with E-state index < -0.39 is 81.1 Å². The lowest BCUT2D eigenvalue weighted by Crippen LogP contribution is -2.70. The highest BCUT2D eigenvalue weighted by Gasteiger charge is 2.90. The number of carbonyl (C=O) groups excluding carboxylic acids is 1. The van der Waals surface area contributed by atoms with Crippen LogP contribution in [0, 0.1) is 0 Å². The zero-order valence-corrected chi connectivity index (χ0v) is 18.6. The highest BCUT2D eigenvalue weighted by atomic mass is 32.2. The normalized spacial score (nSPS) is 16.3. The lowest BCUT2D eigenvalue weighted by Gasteiger charge is -2.40. The Labute approximate surface area is 189 Å². The number of aliphatic carboxylic acids is 1. The van der Waals surface area contributed by atoms with E-state index >= 15 is 0 Å². The van der Waals surface area contributed by atoms with Crippen molar-refractivity contribution in [2.75, 3.05) is 26.4 Å². The molecule has 0 aliphatic heterocycles. The van der Waals surface area contributed by atoms with Crippen LogP contribution in [0.5, 0.6) is 0 Å². The fraction of sp³-hybridized carbons (Fsp3) is 0.933. The number of rotatable bonds is 13. The van der Waals surface area contributed by atoms with Crippen molar-refractivity contribution >= 4 is 16.0 Å². The van der Waals surface area contributed by atoms with Gasteiger partial charge in [-0.05, 0) is 0 Å². The van der Waals surface area contributed by atoms with Gasteiger partial charge in [0.15, 0.2) is 6.17 Å². The molecule has 210 valence electrons. The summed E-state index contributed by atoms with van der Waals surface area (Å²) in [5.41, 5.74) is 0. The summed E-state index contributed by atoms with van der Waals surface area (Å²) >= 11 is 0. The fourth-order valence-electron chi connectivity index (χ4n) is 2.65. The van der Waals surface area contributed by atoms with Crippen molar-refractivity contribution in [2.45, 2.75) is 61.7 Å². The Balaban J connectivity index is 5.98. The maximum absolute atomic E-state index is 13.8. The SMILES string of the molecule is CCC(NS(=O)(=O)CCC(F)(F)C(F)(F)C(F)(F)C(F)(F)C(F)(F)C(F)(F)F)[N+](C)(C)CC(=O)[O-]. The molecular weight excluding hydrogens is 551 g/mol. The first-order valence-corrected chi connectivity index (χ1v) is 10.7. The van der Waals surface area contributed by atoms with Crippen molar-refractivity contribution < 1.29 is 79.9 Å². The van der Waals surface area contributed by atoms with Crippen molar-refractivity contribution in [2.24, 2.45) is 0 Å². The third-order valence-electron chi connectivity index (χ3n) is 4.77. The van der Waals surface area contributed by atoms with Gasteiger partial charge in [-0.15, -0.1) is 0 Å². The van der Waals surface area contributed by atoms with Crippen LogP contribution in [0.4, 0.5) is 57.1 Å². The number of carboxylic acid groups (broad SMARTS) is 1. The molecule has 0 bridgehead atoms. The average molecular weight is 570 g/mol. The Morgan fingerprint density at radius 3 is 1.57 bits per heavy atom. The molecule has 0 aliphatic rings. The summed E-state index contributed by atoms with van der Waals surface area (Å²) in [6.07, 6.45) is -12.2. The van der Waals surface area contributed by atoms with Crippen molar-refractivity contribution in [3.05, 3.63) is 0 Å². The number of hydrogen-bond acceptors (Lipinski definition) is 4. The molecule has 0 saturated carbocycles. The Hall–Kier alpha value is -1.57. The monoisotopic (exact) mass is 570 g/mol. The minimum atomic E-state index is -8.08. The van der Waals surface area contributed by atoms with Crippen molar-refractivity contribution in [1.82, 2.24) is 4.72 Å². The molecule has 0 saturated heterocycles. The van der Waals surface area contributed by atoms with E-state index in [-0.39, 0.29) is 6.42 Å². The minimum Gasteiger partial charge on any atom is -0.544 e. The van der Waals surface area contributed by atoms with Crippen LogP contribution in [0.2, 0.25) is 0 Å². The summed E-state index contributed by atoms with van der Waals surface area (Å²) in [6.45, 7) is 0.374. The summed E-state index contributed by atoms with van der Waals surface area (Å²) in [5.74, 6) is -42.1. The van der Waals surface area contributed by atoms with Crippen LogP contribution in [-0.4, -0.2) is 87.2 Å². The third-order valence-corrected chi connectivity index (χ3v) is 6.14. The van der Waals surface area contributed by atoms with Crippen molar-refractivity contribution in [3.63, 3.8) is 0 Å². The fourth-order valence-corrected chi connectivity index (χ4v) is 4.16. The standard InChI is InChI=1S/C15H19F13N2O4S/c1-4-8(30(2,3)7-9(31)32)29-35(33,34)6-5-10(16,17)11(18,19)12(20,21)13(22,23)14(24,25)15(26,27)28/h8,29H,4-7H2,1-3H3. The van der Waals surface area contributed by atoms with Crippen molar-refractivity contribution in [3.8, 4) is 0 Å². The molecule has 0 aromatic heterocycles. The van der Waals surface area contributed by atoms with Gasteiger partial charge in [-0.1, -0.05) is 6.92 Å². The van der Waals surface area contributed by atoms with Crippen LogP contribution >= 0.6 is 0 Å². The summed E-state index contributed by atoms with van der Waals surface area (Å²) < 4.78 is 195. The topological polar surface area (TPSA) is 86.3 Å². The number of halogens is 13. The predicted octanol–water partition coefficient (Wildman–Crippen LogP) is 2.60. The molecule has 0 aliphatic carbocycles. The van der Waals surface area contributed by atoms with E-state index in [9.17, 15) is 75.4 Å². The molecule has 20 heteroatoms. The summed E-state index contributed by atoms with van der Waals surface area (Å²) in [7, 11) is -3.00. The molecule has 0 fully saturated rings. The van der Waals surface area contributed by atoms with Crippen LogP contribution in [-0.2, 0) is 14.8 Å². The van der Waals surface area contributed by atoms with E-state index in [1.165, 1.54) is 6.92 Å². The molecule has 0 aromatic rings. The van der Waals surface area contributed by atoms with E-state index in [1.54, 1.807) is 4.72 Å². The lowest BCUT2D eigenvalue weighted by molar-refractivity contribution is -0.911. The largest absolute Gasteiger partial charge is 0.544 e. The molecule has 0 spiro atoms. The first-order valence-electron chi connectivity index (χ1n) is 9.02. The van der Waals surface area contributed by atoms with Crippen LogP contribution in [0.25, 0.3) is 0 Å². The van der Waals surface area contributed by atoms with E-state index in [0.717, 1.165) is 14.1 Å². The molecule has 1 N–H and O–H groups in total. The molecule has 0 radical (unpaired) electrons. The van der Waals surface area contributed by atoms with E-state index in [0.29, 0.717) is 0 Å². The van der Waals surface area contributed by atoms with Gasteiger partial charge in [0.25, 0.3) is 0 Å². The van der Waals surface area contributed by atoms with E-state index in [1.807, 2.05) is 0 Å². The number of carboxylic acids is 1. The Bertz CT molecular complexity index is 873. The summed E-state index contributed by atoms with van der Waals surface area (Å²) in [5, 5.41) is 10.7. The molecule has 1 unspecified atom stereocenters. The van der Waals surface area contributed by atoms with Gasteiger partial charge in [0.05, 0.1) is 25.8 Å². The van der Waals surface area contributed by atoms with Crippen LogP contribution in [0.15, 0.2) is 0 Å². The Kier molecular flexibility index (Phi) is 9.28. The molecule has 0 heterocycles.